The molecular formula is C14H12BrN. The van der Waals surface area contributed by atoms with Crippen LogP contribution in [0.2, 0.25) is 0 Å². The van der Waals surface area contributed by atoms with Crippen LogP contribution < -0.4 is 0 Å². The maximum atomic E-state index is 4.43. The molecular weight excluding hydrogens is 262 g/mol. The highest BCUT2D eigenvalue weighted by Crippen LogP contribution is 2.14. The molecule has 0 fully saturated rings. The standard InChI is InChI=1S/C14H12BrN/c1-11-4-2-7-14(8-11)16-10-12-5-3-6-13(15)9-12/h2-10H,1H3. The van der Waals surface area contributed by atoms with Crippen molar-refractivity contribution in [2.45, 2.75) is 6.92 Å². The van der Waals surface area contributed by atoms with E-state index in [0.717, 1.165) is 15.7 Å². The van der Waals surface area contributed by atoms with E-state index < -0.39 is 0 Å². The van der Waals surface area contributed by atoms with Crippen LogP contribution in [-0.4, -0.2) is 6.21 Å². The third-order valence-electron chi connectivity index (χ3n) is 2.21. The molecule has 0 unspecified atom stereocenters. The van der Waals surface area contributed by atoms with Crippen LogP contribution in [0, 0.1) is 6.92 Å². The number of nitrogens with zero attached hydrogens (tertiary/aromatic N) is 1. The largest absolute Gasteiger partial charge is 0.256 e. The number of hydrogen-bond donors (Lipinski definition) is 0. The van der Waals surface area contributed by atoms with Crippen LogP contribution in [0.4, 0.5) is 5.69 Å². The fraction of sp³-hybridized carbons (Fsp3) is 0.0714. The van der Waals surface area contributed by atoms with E-state index >= 15 is 0 Å². The molecule has 80 valence electrons. The van der Waals surface area contributed by atoms with E-state index in [9.17, 15) is 0 Å². The summed E-state index contributed by atoms with van der Waals surface area (Å²) < 4.78 is 1.07. The van der Waals surface area contributed by atoms with Crippen LogP contribution >= 0.6 is 15.9 Å². The average Bonchev–Trinajstić information content (AvgIpc) is 2.27. The molecule has 1 nitrogen and oxygen atoms in total. The molecule has 0 saturated carbocycles. The van der Waals surface area contributed by atoms with Crippen molar-refractivity contribution < 1.29 is 0 Å². The summed E-state index contributed by atoms with van der Waals surface area (Å²) in [6.07, 6.45) is 1.87. The first kappa shape index (κ1) is 11.1. The summed E-state index contributed by atoms with van der Waals surface area (Å²) >= 11 is 3.44. The van der Waals surface area contributed by atoms with Gasteiger partial charge in [-0.3, -0.25) is 4.99 Å². The van der Waals surface area contributed by atoms with E-state index in [2.05, 4.69) is 40.0 Å². The lowest BCUT2D eigenvalue weighted by Gasteiger charge is -1.96. The fourth-order valence-corrected chi connectivity index (χ4v) is 1.86. The van der Waals surface area contributed by atoms with Gasteiger partial charge >= 0.3 is 0 Å². The number of aryl methyl sites for hydroxylation is 1. The van der Waals surface area contributed by atoms with Crippen molar-refractivity contribution in [2.75, 3.05) is 0 Å². The number of benzene rings is 2. The molecule has 0 N–H and O–H groups in total. The second-order valence-electron chi connectivity index (χ2n) is 3.65. The minimum absolute atomic E-state index is 0.986. The zero-order valence-corrected chi connectivity index (χ0v) is 10.6. The molecule has 2 aromatic carbocycles. The molecule has 0 aliphatic carbocycles. The van der Waals surface area contributed by atoms with Gasteiger partial charge in [-0.05, 0) is 42.3 Å². The van der Waals surface area contributed by atoms with E-state index in [1.165, 1.54) is 5.56 Å². The number of halogens is 1. The number of hydrogen-bond acceptors (Lipinski definition) is 1. The highest BCUT2D eigenvalue weighted by atomic mass is 79.9. The van der Waals surface area contributed by atoms with Crippen LogP contribution in [0.1, 0.15) is 11.1 Å². The Bertz CT molecular complexity index is 470. The molecule has 16 heavy (non-hydrogen) atoms. The molecule has 0 spiro atoms. The number of rotatable bonds is 2. The van der Waals surface area contributed by atoms with Crippen molar-refractivity contribution in [1.29, 1.82) is 0 Å². The molecule has 2 aromatic rings. The minimum atomic E-state index is 0.986. The SMILES string of the molecule is Cc1cccc(N=Cc2cccc(Br)c2)c1. The van der Waals surface area contributed by atoms with Crippen molar-refractivity contribution >= 4 is 27.8 Å². The van der Waals surface area contributed by atoms with Crippen LogP contribution in [0.3, 0.4) is 0 Å². The Morgan fingerprint density at radius 3 is 2.62 bits per heavy atom. The topological polar surface area (TPSA) is 12.4 Å². The monoisotopic (exact) mass is 273 g/mol. The normalized spacial score (nSPS) is 10.9. The lowest BCUT2D eigenvalue weighted by atomic mass is 10.2. The van der Waals surface area contributed by atoms with Gasteiger partial charge in [0.2, 0.25) is 0 Å². The second kappa shape index (κ2) is 5.08. The molecule has 0 aliphatic rings. The summed E-state index contributed by atoms with van der Waals surface area (Å²) in [5.41, 5.74) is 3.31. The van der Waals surface area contributed by atoms with Crippen LogP contribution in [0.15, 0.2) is 58.0 Å². The maximum absolute atomic E-state index is 4.43. The Morgan fingerprint density at radius 1 is 1.06 bits per heavy atom. The first-order chi connectivity index (χ1) is 7.74. The molecule has 2 heteroatoms. The Kier molecular flexibility index (Phi) is 3.52. The maximum Gasteiger partial charge on any atom is 0.0632 e. The van der Waals surface area contributed by atoms with Gasteiger partial charge in [0.15, 0.2) is 0 Å². The van der Waals surface area contributed by atoms with E-state index in [1.807, 2.05) is 42.6 Å². The second-order valence-corrected chi connectivity index (χ2v) is 4.57. The molecule has 0 heterocycles. The fourth-order valence-electron chi connectivity index (χ4n) is 1.44. The van der Waals surface area contributed by atoms with Crippen LogP contribution in [-0.2, 0) is 0 Å². The van der Waals surface area contributed by atoms with Gasteiger partial charge in [-0.15, -0.1) is 0 Å². The zero-order chi connectivity index (χ0) is 11.4. The van der Waals surface area contributed by atoms with Gasteiger partial charge in [-0.1, -0.05) is 40.2 Å². The summed E-state index contributed by atoms with van der Waals surface area (Å²) in [5.74, 6) is 0. The van der Waals surface area contributed by atoms with Gasteiger partial charge in [0.1, 0.15) is 0 Å². The van der Waals surface area contributed by atoms with E-state index in [0.29, 0.717) is 0 Å². The minimum Gasteiger partial charge on any atom is -0.256 e. The quantitative estimate of drug-likeness (QED) is 0.714. The first-order valence-corrected chi connectivity index (χ1v) is 5.90. The molecule has 0 aliphatic heterocycles. The molecule has 2 rings (SSSR count). The summed E-state index contributed by atoms with van der Waals surface area (Å²) in [5, 5.41) is 0. The molecule has 0 aromatic heterocycles. The van der Waals surface area contributed by atoms with Gasteiger partial charge in [-0.2, -0.15) is 0 Å². The van der Waals surface area contributed by atoms with Crippen LogP contribution in [0.5, 0.6) is 0 Å². The van der Waals surface area contributed by atoms with Crippen molar-refractivity contribution in [2.24, 2.45) is 4.99 Å². The Labute approximate surface area is 104 Å². The van der Waals surface area contributed by atoms with Gasteiger partial charge in [-0.25, -0.2) is 0 Å². The van der Waals surface area contributed by atoms with Crippen molar-refractivity contribution in [3.8, 4) is 0 Å². The zero-order valence-electron chi connectivity index (χ0n) is 9.02. The predicted molar refractivity (Wildman–Crippen MR) is 72.6 cm³/mol. The molecule has 0 radical (unpaired) electrons. The van der Waals surface area contributed by atoms with Gasteiger partial charge in [0.05, 0.1) is 5.69 Å². The Hall–Kier alpha value is -1.41. The van der Waals surface area contributed by atoms with E-state index in [4.69, 9.17) is 0 Å². The smallest absolute Gasteiger partial charge is 0.0632 e. The molecule has 0 atom stereocenters. The van der Waals surface area contributed by atoms with E-state index in [-0.39, 0.29) is 0 Å². The van der Waals surface area contributed by atoms with Crippen molar-refractivity contribution in [3.63, 3.8) is 0 Å². The lowest BCUT2D eigenvalue weighted by Crippen LogP contribution is -1.79. The first-order valence-electron chi connectivity index (χ1n) is 5.10. The van der Waals surface area contributed by atoms with Gasteiger partial charge < -0.3 is 0 Å². The van der Waals surface area contributed by atoms with Gasteiger partial charge in [0, 0.05) is 10.7 Å². The summed E-state index contributed by atoms with van der Waals surface area (Å²) in [6.45, 7) is 2.07. The molecule has 0 amide bonds. The third-order valence-corrected chi connectivity index (χ3v) is 2.71. The molecule has 0 bridgehead atoms. The average molecular weight is 274 g/mol. The lowest BCUT2D eigenvalue weighted by molar-refractivity contribution is 1.43. The summed E-state index contributed by atoms with van der Waals surface area (Å²) in [7, 11) is 0. The summed E-state index contributed by atoms with van der Waals surface area (Å²) in [6, 6.07) is 16.2. The Morgan fingerprint density at radius 2 is 1.88 bits per heavy atom. The number of aliphatic imine (C=N–C) groups is 1. The highest BCUT2D eigenvalue weighted by molar-refractivity contribution is 9.10. The predicted octanol–water partition coefficient (Wildman–Crippen LogP) is 4.51. The van der Waals surface area contributed by atoms with Gasteiger partial charge in [0.25, 0.3) is 0 Å². The Balaban J connectivity index is 2.21. The van der Waals surface area contributed by atoms with Crippen LogP contribution in [0.25, 0.3) is 0 Å². The molecule has 0 saturated heterocycles. The highest BCUT2D eigenvalue weighted by Gasteiger charge is 1.91. The van der Waals surface area contributed by atoms with E-state index in [1.54, 1.807) is 0 Å². The third kappa shape index (κ3) is 3.04. The summed E-state index contributed by atoms with van der Waals surface area (Å²) in [4.78, 5) is 4.43. The van der Waals surface area contributed by atoms with Crippen molar-refractivity contribution in [1.82, 2.24) is 0 Å². The van der Waals surface area contributed by atoms with Crippen molar-refractivity contribution in [3.05, 3.63) is 64.1 Å².